The van der Waals surface area contributed by atoms with Gasteiger partial charge in [-0.05, 0) is 26.2 Å². The molecule has 2 atom stereocenters. The zero-order chi connectivity index (χ0) is 24.1. The molecule has 0 saturated heterocycles. The average molecular weight is 455 g/mol. The Hall–Kier alpha value is -2.88. The predicted octanol–water partition coefficient (Wildman–Crippen LogP) is 2.49. The van der Waals surface area contributed by atoms with Gasteiger partial charge < -0.3 is 29.0 Å². The number of amides is 1. The molecule has 180 valence electrons. The molecule has 1 N–H and O–H groups in total. The molecule has 10 heteroatoms. The van der Waals surface area contributed by atoms with Crippen molar-refractivity contribution in [2.24, 2.45) is 5.92 Å². The van der Waals surface area contributed by atoms with Gasteiger partial charge in [0.2, 0.25) is 6.79 Å². The molecule has 0 aliphatic carbocycles. The summed E-state index contributed by atoms with van der Waals surface area (Å²) in [6.45, 7) is 9.47. The molecule has 1 amide bonds. The molecule has 1 aromatic rings. The van der Waals surface area contributed by atoms with Gasteiger partial charge in [-0.3, -0.25) is 9.59 Å². The molecule has 0 aliphatic heterocycles. The van der Waals surface area contributed by atoms with Crippen molar-refractivity contribution in [1.82, 2.24) is 10.3 Å². The zero-order valence-electron chi connectivity index (χ0n) is 19.6. The Kier molecular flexibility index (Phi) is 12.1. The van der Waals surface area contributed by atoms with Crippen LogP contribution in [0.1, 0.15) is 57.9 Å². The average Bonchev–Trinajstić information content (AvgIpc) is 2.72. The van der Waals surface area contributed by atoms with Crippen molar-refractivity contribution < 1.29 is 38.1 Å². The summed E-state index contributed by atoms with van der Waals surface area (Å²) >= 11 is 0. The lowest BCUT2D eigenvalue weighted by atomic mass is 10.1. The van der Waals surface area contributed by atoms with Crippen LogP contribution < -0.4 is 14.8 Å². The van der Waals surface area contributed by atoms with Crippen LogP contribution >= 0.6 is 0 Å². The Balaban J connectivity index is 2.63. The molecule has 0 bridgehead atoms. The highest BCUT2D eigenvalue weighted by Crippen LogP contribution is 2.29. The van der Waals surface area contributed by atoms with E-state index in [1.165, 1.54) is 33.2 Å². The highest BCUT2D eigenvalue weighted by Gasteiger charge is 2.24. The second kappa shape index (κ2) is 14.2. The van der Waals surface area contributed by atoms with Crippen molar-refractivity contribution in [3.8, 4) is 11.5 Å². The molecule has 1 heterocycles. The number of esters is 2. The van der Waals surface area contributed by atoms with Gasteiger partial charge in [0.1, 0.15) is 12.1 Å². The van der Waals surface area contributed by atoms with Gasteiger partial charge in [-0.15, -0.1) is 0 Å². The normalized spacial score (nSPS) is 12.6. The first-order chi connectivity index (χ1) is 15.1. The Labute approximate surface area is 188 Å². The minimum atomic E-state index is -0.930. The molecule has 1 rings (SSSR count). The Bertz CT molecular complexity index is 753. The van der Waals surface area contributed by atoms with Crippen LogP contribution in [0.25, 0.3) is 0 Å². The summed E-state index contributed by atoms with van der Waals surface area (Å²) in [7, 11) is 1.39. The molecule has 0 radical (unpaired) electrons. The number of ether oxygens (including phenoxy) is 5. The number of rotatable bonds is 14. The second-order valence-electron chi connectivity index (χ2n) is 7.62. The Morgan fingerprint density at radius 1 is 1.09 bits per heavy atom. The van der Waals surface area contributed by atoms with E-state index >= 15 is 0 Å². The maximum Gasteiger partial charge on any atom is 0.328 e. The van der Waals surface area contributed by atoms with Crippen LogP contribution in [0.3, 0.4) is 0 Å². The summed E-state index contributed by atoms with van der Waals surface area (Å²) in [6.07, 6.45) is 2.52. The van der Waals surface area contributed by atoms with E-state index in [0.29, 0.717) is 25.6 Å². The first-order valence-electron chi connectivity index (χ1n) is 10.5. The third-order valence-corrected chi connectivity index (χ3v) is 4.30. The molecule has 0 saturated carbocycles. The number of hydrogen-bond donors (Lipinski definition) is 1. The molecule has 0 spiro atoms. The van der Waals surface area contributed by atoms with Crippen molar-refractivity contribution in [2.75, 3.05) is 27.1 Å². The van der Waals surface area contributed by atoms with Crippen LogP contribution in [0, 0.1) is 5.92 Å². The van der Waals surface area contributed by atoms with Crippen LogP contribution in [-0.2, 0) is 23.8 Å². The number of carbonyl (C=O) groups is 3. The molecular formula is C22H34N2O8. The molecule has 0 unspecified atom stereocenters. The topological polar surface area (TPSA) is 122 Å². The SMILES string of the molecule is COc1ccnc(C(=O)N[C@@H](C)C(=O)O[C@@H](C)CCOCCC(C)C)c1OCOC(C)=O. The highest BCUT2D eigenvalue weighted by atomic mass is 16.7. The quantitative estimate of drug-likeness (QED) is 0.257. The molecule has 0 aromatic carbocycles. The lowest BCUT2D eigenvalue weighted by molar-refractivity contribution is -0.151. The van der Waals surface area contributed by atoms with Gasteiger partial charge in [-0.1, -0.05) is 13.8 Å². The van der Waals surface area contributed by atoms with Gasteiger partial charge in [-0.25, -0.2) is 9.78 Å². The van der Waals surface area contributed by atoms with Crippen molar-refractivity contribution in [2.45, 2.75) is 59.6 Å². The summed E-state index contributed by atoms with van der Waals surface area (Å²) < 4.78 is 26.2. The minimum Gasteiger partial charge on any atom is -0.493 e. The predicted molar refractivity (Wildman–Crippen MR) is 115 cm³/mol. The summed E-state index contributed by atoms with van der Waals surface area (Å²) in [5.74, 6) is -1.02. The maximum absolute atomic E-state index is 12.7. The fourth-order valence-electron chi connectivity index (χ4n) is 2.42. The van der Waals surface area contributed by atoms with E-state index in [0.717, 1.165) is 6.42 Å². The smallest absolute Gasteiger partial charge is 0.328 e. The molecule has 10 nitrogen and oxygen atoms in total. The maximum atomic E-state index is 12.7. The van der Waals surface area contributed by atoms with Gasteiger partial charge >= 0.3 is 11.9 Å². The largest absolute Gasteiger partial charge is 0.493 e. The van der Waals surface area contributed by atoms with E-state index in [1.807, 2.05) is 0 Å². The van der Waals surface area contributed by atoms with Crippen LogP contribution in [0.2, 0.25) is 0 Å². The van der Waals surface area contributed by atoms with Crippen molar-refractivity contribution in [3.63, 3.8) is 0 Å². The molecule has 0 fully saturated rings. The third-order valence-electron chi connectivity index (χ3n) is 4.30. The highest BCUT2D eigenvalue weighted by molar-refractivity contribution is 5.98. The van der Waals surface area contributed by atoms with E-state index < -0.39 is 30.7 Å². The van der Waals surface area contributed by atoms with Crippen LogP contribution in [-0.4, -0.2) is 62.1 Å². The van der Waals surface area contributed by atoms with Gasteiger partial charge in [0.25, 0.3) is 5.91 Å². The molecule has 32 heavy (non-hydrogen) atoms. The number of carbonyl (C=O) groups excluding carboxylic acids is 3. The van der Waals surface area contributed by atoms with Crippen molar-refractivity contribution in [3.05, 3.63) is 18.0 Å². The van der Waals surface area contributed by atoms with Gasteiger partial charge in [0, 0.05) is 32.2 Å². The van der Waals surface area contributed by atoms with E-state index in [9.17, 15) is 14.4 Å². The van der Waals surface area contributed by atoms with Crippen molar-refractivity contribution in [1.29, 1.82) is 0 Å². The standard InChI is InChI=1S/C22H34N2O8/c1-14(2)8-11-29-12-9-15(3)32-22(27)16(4)24-21(26)19-20(31-13-30-17(5)25)18(28-6)7-10-23-19/h7,10,14-16H,8-9,11-13H2,1-6H3,(H,24,26)/t15-,16-/m0/s1. The Morgan fingerprint density at radius 2 is 1.78 bits per heavy atom. The van der Waals surface area contributed by atoms with Gasteiger partial charge in [0.05, 0.1) is 13.7 Å². The summed E-state index contributed by atoms with van der Waals surface area (Å²) in [5.41, 5.74) is -0.122. The molecule has 1 aromatic heterocycles. The zero-order valence-corrected chi connectivity index (χ0v) is 19.6. The number of pyridine rings is 1. The lowest BCUT2D eigenvalue weighted by Crippen LogP contribution is -2.41. The van der Waals surface area contributed by atoms with E-state index in [-0.39, 0.29) is 23.3 Å². The first kappa shape index (κ1) is 27.2. The van der Waals surface area contributed by atoms with E-state index in [4.69, 9.17) is 23.7 Å². The molecule has 0 aliphatic rings. The number of methoxy groups -OCH3 is 1. The number of nitrogens with one attached hydrogen (secondary N) is 1. The summed E-state index contributed by atoms with van der Waals surface area (Å²) in [5, 5.41) is 2.53. The first-order valence-corrected chi connectivity index (χ1v) is 10.5. The van der Waals surface area contributed by atoms with Gasteiger partial charge in [-0.2, -0.15) is 0 Å². The van der Waals surface area contributed by atoms with E-state index in [2.05, 4.69) is 24.1 Å². The number of nitrogens with zero attached hydrogens (tertiary/aromatic N) is 1. The fourth-order valence-corrected chi connectivity index (χ4v) is 2.42. The Morgan fingerprint density at radius 3 is 2.41 bits per heavy atom. The van der Waals surface area contributed by atoms with Crippen LogP contribution in [0.15, 0.2) is 12.3 Å². The number of hydrogen-bond acceptors (Lipinski definition) is 9. The van der Waals surface area contributed by atoms with E-state index in [1.54, 1.807) is 6.92 Å². The summed E-state index contributed by atoms with van der Waals surface area (Å²) in [4.78, 5) is 40.0. The van der Waals surface area contributed by atoms with Crippen molar-refractivity contribution >= 4 is 17.8 Å². The third kappa shape index (κ3) is 9.95. The number of aromatic nitrogens is 1. The fraction of sp³-hybridized carbons (Fsp3) is 0.636. The second-order valence-corrected chi connectivity index (χ2v) is 7.62. The molecular weight excluding hydrogens is 420 g/mol. The monoisotopic (exact) mass is 454 g/mol. The minimum absolute atomic E-state index is 0.0127. The summed E-state index contributed by atoms with van der Waals surface area (Å²) in [6, 6.07) is 0.559. The van der Waals surface area contributed by atoms with Crippen LogP contribution in [0.5, 0.6) is 11.5 Å². The van der Waals surface area contributed by atoms with Crippen LogP contribution in [0.4, 0.5) is 0 Å². The van der Waals surface area contributed by atoms with Gasteiger partial charge in [0.15, 0.2) is 17.2 Å². The lowest BCUT2D eigenvalue weighted by Gasteiger charge is -2.19.